The van der Waals surface area contributed by atoms with Gasteiger partial charge in [-0.2, -0.15) is 0 Å². The summed E-state index contributed by atoms with van der Waals surface area (Å²) in [5, 5.41) is 6.50. The Balaban J connectivity index is 0.000000861. The Kier molecular flexibility index (Phi) is 5.47. The van der Waals surface area contributed by atoms with Crippen LogP contribution in [-0.2, 0) is 0 Å². The summed E-state index contributed by atoms with van der Waals surface area (Å²) >= 11 is 1.68. The molecule has 0 saturated carbocycles. The molecule has 1 aromatic rings. The Morgan fingerprint density at radius 3 is 2.63 bits per heavy atom. The van der Waals surface area contributed by atoms with Crippen LogP contribution in [0.1, 0.15) is 39.6 Å². The Morgan fingerprint density at radius 2 is 2.05 bits per heavy atom. The molecule has 0 aromatic heterocycles. The minimum atomic E-state index is -0.0753. The van der Waals surface area contributed by atoms with E-state index in [1.165, 1.54) is 0 Å². The van der Waals surface area contributed by atoms with Gasteiger partial charge in [-0.3, -0.25) is 9.59 Å². The van der Waals surface area contributed by atoms with Crippen LogP contribution < -0.4 is 5.90 Å². The van der Waals surface area contributed by atoms with Crippen LogP contribution >= 0.6 is 11.8 Å². The maximum Gasteiger partial charge on any atom is 0.188 e. The molecule has 1 heterocycles. The molecule has 0 radical (unpaired) electrons. The number of Topliss-reactive ketones (excluding diaryl/α,β-unsaturated/α-hetero) is 2. The zero-order valence-corrected chi connectivity index (χ0v) is 11.8. The Labute approximate surface area is 116 Å². The summed E-state index contributed by atoms with van der Waals surface area (Å²) in [7, 11) is 0. The molecule has 4 nitrogen and oxygen atoms in total. The molecular weight excluding hydrogens is 262 g/mol. The van der Waals surface area contributed by atoms with E-state index in [0.29, 0.717) is 17.6 Å². The number of carbonyl (C=O) groups is 2. The standard InChI is InChI=1S/C14H14O2S.H3NO/c1-8(2)14(16)10-4-5-12-13(9(10)3)11(15)6-7-17-12;1-2/h4-5H,1,6-7H2,2-3H3;2H,1H2. The first-order valence-corrected chi connectivity index (χ1v) is 6.76. The van der Waals surface area contributed by atoms with Crippen LogP contribution in [-0.4, -0.2) is 22.5 Å². The number of fused-ring (bicyclic) bond motifs is 1. The van der Waals surface area contributed by atoms with Gasteiger partial charge in [0.2, 0.25) is 0 Å². The molecule has 102 valence electrons. The highest BCUT2D eigenvalue weighted by molar-refractivity contribution is 7.99. The predicted octanol–water partition coefficient (Wildman–Crippen LogP) is 2.77. The summed E-state index contributed by atoms with van der Waals surface area (Å²) in [6.07, 6.45) is 0.559. The largest absolute Gasteiger partial charge is 0.320 e. The van der Waals surface area contributed by atoms with Crippen molar-refractivity contribution < 1.29 is 14.8 Å². The fourth-order valence-electron chi connectivity index (χ4n) is 2.01. The molecule has 1 aliphatic heterocycles. The molecule has 0 spiro atoms. The van der Waals surface area contributed by atoms with Gasteiger partial charge in [0.05, 0.1) is 0 Å². The smallest absolute Gasteiger partial charge is 0.188 e. The number of hydrogen-bond donors (Lipinski definition) is 2. The summed E-state index contributed by atoms with van der Waals surface area (Å²) in [6, 6.07) is 3.68. The van der Waals surface area contributed by atoms with Gasteiger partial charge in [0, 0.05) is 28.2 Å². The van der Waals surface area contributed by atoms with E-state index in [1.54, 1.807) is 24.8 Å². The molecule has 1 aliphatic rings. The monoisotopic (exact) mass is 279 g/mol. The molecule has 5 heteroatoms. The SMILES string of the molecule is C=C(C)C(=O)c1ccc2c(c1C)C(=O)CCS2.NO. The quantitative estimate of drug-likeness (QED) is 0.494. The van der Waals surface area contributed by atoms with E-state index >= 15 is 0 Å². The van der Waals surface area contributed by atoms with Crippen molar-refractivity contribution in [1.82, 2.24) is 0 Å². The van der Waals surface area contributed by atoms with Crippen molar-refractivity contribution in [3.05, 3.63) is 41.0 Å². The topological polar surface area (TPSA) is 80.4 Å². The van der Waals surface area contributed by atoms with E-state index in [-0.39, 0.29) is 11.6 Å². The van der Waals surface area contributed by atoms with Crippen molar-refractivity contribution in [1.29, 1.82) is 0 Å². The van der Waals surface area contributed by atoms with Gasteiger partial charge in [0.15, 0.2) is 11.6 Å². The summed E-state index contributed by atoms with van der Waals surface area (Å²) in [4.78, 5) is 24.8. The van der Waals surface area contributed by atoms with E-state index < -0.39 is 0 Å². The van der Waals surface area contributed by atoms with E-state index in [1.807, 2.05) is 13.0 Å². The number of allylic oxidation sites excluding steroid dienone is 1. The van der Waals surface area contributed by atoms with Gasteiger partial charge in [-0.15, -0.1) is 11.8 Å². The number of carbonyl (C=O) groups excluding carboxylic acids is 2. The van der Waals surface area contributed by atoms with Crippen molar-refractivity contribution in [2.75, 3.05) is 5.75 Å². The van der Waals surface area contributed by atoms with Crippen LogP contribution in [0.25, 0.3) is 0 Å². The summed E-state index contributed by atoms with van der Waals surface area (Å²) < 4.78 is 0. The van der Waals surface area contributed by atoms with Crippen molar-refractivity contribution in [3.63, 3.8) is 0 Å². The Bertz CT molecular complexity index is 538. The molecule has 0 saturated heterocycles. The zero-order valence-electron chi connectivity index (χ0n) is 11.0. The highest BCUT2D eigenvalue weighted by Gasteiger charge is 2.23. The first kappa shape index (κ1) is 15.6. The van der Waals surface area contributed by atoms with Crippen molar-refractivity contribution in [3.8, 4) is 0 Å². The third-order valence-electron chi connectivity index (χ3n) is 2.92. The molecule has 2 rings (SSSR count). The molecule has 0 amide bonds. The molecule has 3 N–H and O–H groups in total. The second-order valence-electron chi connectivity index (χ2n) is 4.24. The minimum absolute atomic E-state index is 0.0753. The number of hydrogen-bond acceptors (Lipinski definition) is 5. The lowest BCUT2D eigenvalue weighted by atomic mass is 9.93. The van der Waals surface area contributed by atoms with E-state index in [4.69, 9.17) is 5.21 Å². The predicted molar refractivity (Wildman–Crippen MR) is 76.0 cm³/mol. The summed E-state index contributed by atoms with van der Waals surface area (Å²) in [5.41, 5.74) is 2.64. The maximum absolute atomic E-state index is 11.9. The molecule has 19 heavy (non-hydrogen) atoms. The van der Waals surface area contributed by atoms with Crippen LogP contribution in [0, 0.1) is 6.92 Å². The van der Waals surface area contributed by atoms with Gasteiger partial charge < -0.3 is 5.21 Å². The highest BCUT2D eigenvalue weighted by Crippen LogP contribution is 2.33. The third kappa shape index (κ3) is 3.12. The summed E-state index contributed by atoms with van der Waals surface area (Å²) in [6.45, 7) is 7.20. The van der Waals surface area contributed by atoms with Crippen LogP contribution in [0.5, 0.6) is 0 Å². The molecule has 0 bridgehead atoms. The normalized spacial score (nSPS) is 13.2. The van der Waals surface area contributed by atoms with Crippen molar-refractivity contribution >= 4 is 23.3 Å². The average molecular weight is 279 g/mol. The molecule has 0 atom stereocenters. The van der Waals surface area contributed by atoms with E-state index in [9.17, 15) is 9.59 Å². The van der Waals surface area contributed by atoms with Gasteiger partial charge in [-0.1, -0.05) is 6.58 Å². The minimum Gasteiger partial charge on any atom is -0.320 e. The van der Waals surface area contributed by atoms with Crippen molar-refractivity contribution in [2.24, 2.45) is 5.90 Å². The second-order valence-corrected chi connectivity index (χ2v) is 5.38. The van der Waals surface area contributed by atoms with Gasteiger partial charge in [-0.05, 0) is 37.1 Å². The first-order chi connectivity index (χ1) is 9.02. The van der Waals surface area contributed by atoms with Crippen LogP contribution in [0.3, 0.4) is 0 Å². The van der Waals surface area contributed by atoms with Gasteiger partial charge in [0.25, 0.3) is 0 Å². The van der Waals surface area contributed by atoms with Gasteiger partial charge in [0.1, 0.15) is 0 Å². The van der Waals surface area contributed by atoms with Crippen LogP contribution in [0.2, 0.25) is 0 Å². The number of rotatable bonds is 2. The average Bonchev–Trinajstić information content (AvgIpc) is 2.40. The fraction of sp³-hybridized carbons (Fsp3) is 0.286. The lowest BCUT2D eigenvalue weighted by Gasteiger charge is -2.18. The van der Waals surface area contributed by atoms with Crippen LogP contribution in [0.4, 0.5) is 0 Å². The summed E-state index contributed by atoms with van der Waals surface area (Å²) in [5.74, 6) is 4.40. The Hall–Kier alpha value is -1.43. The lowest BCUT2D eigenvalue weighted by Crippen LogP contribution is -2.13. The maximum atomic E-state index is 11.9. The van der Waals surface area contributed by atoms with E-state index in [0.717, 1.165) is 21.8 Å². The Morgan fingerprint density at radius 1 is 1.42 bits per heavy atom. The van der Waals surface area contributed by atoms with Crippen LogP contribution in [0.15, 0.2) is 29.2 Å². The lowest BCUT2D eigenvalue weighted by molar-refractivity contribution is 0.0984. The number of thioether (sulfide) groups is 1. The second kappa shape index (κ2) is 6.65. The molecule has 0 fully saturated rings. The highest BCUT2D eigenvalue weighted by atomic mass is 32.2. The zero-order chi connectivity index (χ0) is 14.6. The van der Waals surface area contributed by atoms with Crippen molar-refractivity contribution in [2.45, 2.75) is 25.2 Å². The third-order valence-corrected chi connectivity index (χ3v) is 3.98. The molecule has 0 aliphatic carbocycles. The number of ketones is 2. The fourth-order valence-corrected chi connectivity index (χ4v) is 3.09. The number of benzene rings is 1. The molecule has 1 aromatic carbocycles. The van der Waals surface area contributed by atoms with Gasteiger partial charge >= 0.3 is 0 Å². The number of nitrogens with two attached hydrogens (primary N) is 1. The van der Waals surface area contributed by atoms with Gasteiger partial charge in [-0.25, -0.2) is 5.90 Å². The first-order valence-electron chi connectivity index (χ1n) is 5.78. The molecular formula is C14H17NO3S. The van der Waals surface area contributed by atoms with E-state index in [2.05, 4.69) is 12.5 Å². The molecule has 0 unspecified atom stereocenters.